The number of hydrogen-bond donors (Lipinski definition) is 1. The molecule has 0 aromatic carbocycles. The van der Waals surface area contributed by atoms with E-state index in [1.165, 1.54) is 32.1 Å². The molecule has 1 saturated carbocycles. The average Bonchev–Trinajstić information content (AvgIpc) is 3.58. The molecule has 0 radical (unpaired) electrons. The summed E-state index contributed by atoms with van der Waals surface area (Å²) in [6, 6.07) is 1.58. The zero-order chi connectivity index (χ0) is 22.7. The van der Waals surface area contributed by atoms with E-state index < -0.39 is 0 Å². The van der Waals surface area contributed by atoms with E-state index in [9.17, 15) is 4.79 Å². The van der Waals surface area contributed by atoms with Crippen molar-refractivity contribution < 1.29 is 14.3 Å². The topological polar surface area (TPSA) is 96.1 Å². The van der Waals surface area contributed by atoms with Crippen molar-refractivity contribution in [3.8, 4) is 0 Å². The fraction of sp³-hybridized carbons (Fsp3) is 0.739. The van der Waals surface area contributed by atoms with E-state index in [0.717, 1.165) is 23.7 Å². The first-order valence-corrected chi connectivity index (χ1v) is 12.0. The molecule has 5 rings (SSSR count). The normalized spacial score (nSPS) is 27.6. The molecule has 0 spiro atoms. The summed E-state index contributed by atoms with van der Waals surface area (Å²) in [6.45, 7) is 6.85. The van der Waals surface area contributed by atoms with Crippen molar-refractivity contribution in [1.82, 2.24) is 30.1 Å². The molecule has 2 saturated heterocycles. The largest absolute Gasteiger partial charge is 0.371 e. The van der Waals surface area contributed by atoms with E-state index in [4.69, 9.17) is 9.47 Å². The van der Waals surface area contributed by atoms with Gasteiger partial charge in [0.05, 0.1) is 24.9 Å². The number of fused-ring (bicyclic) bond motifs is 1. The Labute approximate surface area is 189 Å². The fourth-order valence-electron chi connectivity index (χ4n) is 5.00. The summed E-state index contributed by atoms with van der Waals surface area (Å²) in [6.07, 6.45) is 9.35. The van der Waals surface area contributed by atoms with Gasteiger partial charge in [0.25, 0.3) is 5.91 Å². The molecule has 4 atom stereocenters. The number of nitrogens with zero attached hydrogens (tertiary/aromatic N) is 5. The molecule has 3 fully saturated rings. The summed E-state index contributed by atoms with van der Waals surface area (Å²) in [7, 11) is 1.83. The van der Waals surface area contributed by atoms with Crippen LogP contribution in [0.25, 0.3) is 0 Å². The van der Waals surface area contributed by atoms with Crippen LogP contribution in [0.3, 0.4) is 0 Å². The first-order valence-electron chi connectivity index (χ1n) is 12.0. The summed E-state index contributed by atoms with van der Waals surface area (Å²) in [4.78, 5) is 12.6. The van der Waals surface area contributed by atoms with Crippen molar-refractivity contribution >= 4 is 5.91 Å². The van der Waals surface area contributed by atoms with Crippen LogP contribution in [0.5, 0.6) is 0 Å². The van der Waals surface area contributed by atoms with Gasteiger partial charge in [-0.05, 0) is 25.3 Å². The SMILES string of the molecule is CC.Cc1cc(C(=O)NC2COC3C2OCC3n2cc(CC3CCCCC3)nn2)nn1C. The van der Waals surface area contributed by atoms with E-state index in [1.807, 2.05) is 32.5 Å². The van der Waals surface area contributed by atoms with Crippen LogP contribution in [0, 0.1) is 12.8 Å². The number of hydrogen-bond acceptors (Lipinski definition) is 6. The summed E-state index contributed by atoms with van der Waals surface area (Å²) >= 11 is 0. The van der Waals surface area contributed by atoms with Crippen LogP contribution >= 0.6 is 0 Å². The highest BCUT2D eigenvalue weighted by Gasteiger charge is 2.49. The maximum Gasteiger partial charge on any atom is 0.272 e. The zero-order valence-electron chi connectivity index (χ0n) is 19.7. The number of rotatable bonds is 5. The third kappa shape index (κ3) is 4.73. The highest BCUT2D eigenvalue weighted by atomic mass is 16.6. The molecule has 1 amide bonds. The van der Waals surface area contributed by atoms with Crippen molar-refractivity contribution in [2.75, 3.05) is 13.2 Å². The van der Waals surface area contributed by atoms with Crippen LogP contribution < -0.4 is 5.32 Å². The molecule has 176 valence electrons. The van der Waals surface area contributed by atoms with Crippen LogP contribution in [-0.2, 0) is 22.9 Å². The lowest BCUT2D eigenvalue weighted by molar-refractivity contribution is 0.0613. The maximum atomic E-state index is 12.6. The number of aromatic nitrogens is 5. The minimum Gasteiger partial charge on any atom is -0.371 e. The monoisotopic (exact) mass is 444 g/mol. The summed E-state index contributed by atoms with van der Waals surface area (Å²) in [5.74, 6) is 0.532. The van der Waals surface area contributed by atoms with Gasteiger partial charge in [0.15, 0.2) is 0 Å². The Morgan fingerprint density at radius 3 is 2.62 bits per heavy atom. The molecular formula is C23H36N6O3. The molecular weight excluding hydrogens is 408 g/mol. The molecule has 2 aromatic heterocycles. The fourth-order valence-corrected chi connectivity index (χ4v) is 5.00. The van der Waals surface area contributed by atoms with Gasteiger partial charge in [-0.15, -0.1) is 5.10 Å². The first-order chi connectivity index (χ1) is 15.6. The molecule has 9 heteroatoms. The van der Waals surface area contributed by atoms with Crippen molar-refractivity contribution in [2.45, 2.75) is 83.6 Å². The van der Waals surface area contributed by atoms with Gasteiger partial charge in [0.2, 0.25) is 0 Å². The van der Waals surface area contributed by atoms with Crippen LogP contribution in [-0.4, -0.2) is 62.1 Å². The van der Waals surface area contributed by atoms with E-state index in [1.54, 1.807) is 10.7 Å². The third-order valence-corrected chi connectivity index (χ3v) is 6.81. The average molecular weight is 445 g/mol. The second-order valence-electron chi connectivity index (χ2n) is 8.94. The Morgan fingerprint density at radius 2 is 1.91 bits per heavy atom. The number of nitrogens with one attached hydrogen (secondary N) is 1. The number of ether oxygens (including phenoxy) is 2. The highest BCUT2D eigenvalue weighted by Crippen LogP contribution is 2.34. The number of aryl methyl sites for hydroxylation is 2. The van der Waals surface area contributed by atoms with Gasteiger partial charge in [-0.25, -0.2) is 4.68 Å². The van der Waals surface area contributed by atoms with E-state index >= 15 is 0 Å². The van der Waals surface area contributed by atoms with Gasteiger partial charge in [-0.2, -0.15) is 5.10 Å². The van der Waals surface area contributed by atoms with Crippen molar-refractivity contribution in [3.05, 3.63) is 29.3 Å². The maximum absolute atomic E-state index is 12.6. The zero-order valence-corrected chi connectivity index (χ0v) is 19.7. The third-order valence-electron chi connectivity index (χ3n) is 6.81. The molecule has 4 unspecified atom stereocenters. The number of amides is 1. The molecule has 9 nitrogen and oxygen atoms in total. The van der Waals surface area contributed by atoms with Crippen molar-refractivity contribution in [3.63, 3.8) is 0 Å². The minimum absolute atomic E-state index is 0.0124. The molecule has 0 bridgehead atoms. The Kier molecular flexibility index (Phi) is 7.25. The predicted molar refractivity (Wildman–Crippen MR) is 119 cm³/mol. The number of carbonyl (C=O) groups excluding carboxylic acids is 1. The molecule has 4 heterocycles. The first kappa shape index (κ1) is 22.9. The summed E-state index contributed by atoms with van der Waals surface area (Å²) in [5, 5.41) is 16.1. The Bertz CT molecular complexity index is 884. The summed E-state index contributed by atoms with van der Waals surface area (Å²) in [5.41, 5.74) is 2.41. The molecule has 32 heavy (non-hydrogen) atoms. The smallest absolute Gasteiger partial charge is 0.272 e. The van der Waals surface area contributed by atoms with Gasteiger partial charge < -0.3 is 14.8 Å². The molecule has 3 aliphatic rings. The molecule has 2 aromatic rings. The van der Waals surface area contributed by atoms with Gasteiger partial charge in [0, 0.05) is 18.9 Å². The number of carbonyl (C=O) groups is 1. The van der Waals surface area contributed by atoms with Crippen molar-refractivity contribution in [2.24, 2.45) is 13.0 Å². The molecule has 1 aliphatic carbocycles. The minimum atomic E-state index is -0.199. The molecule has 2 aliphatic heterocycles. The van der Waals surface area contributed by atoms with Gasteiger partial charge in [-0.1, -0.05) is 51.2 Å². The molecule has 1 N–H and O–H groups in total. The van der Waals surface area contributed by atoms with Gasteiger partial charge in [0.1, 0.15) is 23.9 Å². The van der Waals surface area contributed by atoms with Crippen LogP contribution in [0.2, 0.25) is 0 Å². The van der Waals surface area contributed by atoms with Crippen molar-refractivity contribution in [1.29, 1.82) is 0 Å². The van der Waals surface area contributed by atoms with E-state index in [0.29, 0.717) is 18.9 Å². The predicted octanol–water partition coefficient (Wildman–Crippen LogP) is 2.61. The van der Waals surface area contributed by atoms with Crippen LogP contribution in [0.15, 0.2) is 12.3 Å². The van der Waals surface area contributed by atoms with Gasteiger partial charge in [-0.3, -0.25) is 9.48 Å². The quantitative estimate of drug-likeness (QED) is 0.762. The standard InChI is InChI=1S/C21H30N6O3.C2H6/c1-13-8-16(24-26(13)2)21(28)22-17-11-29-20-18(12-30-19(17)20)27-10-15(23-25-27)9-14-6-4-3-5-7-14;1-2/h8,10,14,17-20H,3-7,9,11-12H2,1-2H3,(H,22,28);1-2H3. The Morgan fingerprint density at radius 1 is 1.16 bits per heavy atom. The highest BCUT2D eigenvalue weighted by molar-refractivity contribution is 5.92. The lowest BCUT2D eigenvalue weighted by Gasteiger charge is -2.20. The van der Waals surface area contributed by atoms with E-state index in [2.05, 4.69) is 26.9 Å². The summed E-state index contributed by atoms with van der Waals surface area (Å²) < 4.78 is 15.6. The lowest BCUT2D eigenvalue weighted by Crippen LogP contribution is -2.44. The van der Waals surface area contributed by atoms with Crippen LogP contribution in [0.1, 0.15) is 73.9 Å². The Balaban J connectivity index is 0.00000119. The lowest BCUT2D eigenvalue weighted by atomic mass is 9.86. The van der Waals surface area contributed by atoms with Gasteiger partial charge >= 0.3 is 0 Å². The second kappa shape index (κ2) is 10.1. The van der Waals surface area contributed by atoms with Crippen LogP contribution in [0.4, 0.5) is 0 Å². The second-order valence-corrected chi connectivity index (χ2v) is 8.94. The Hall–Kier alpha value is -2.26. The van der Waals surface area contributed by atoms with E-state index in [-0.39, 0.29) is 30.2 Å².